The zero-order valence-corrected chi connectivity index (χ0v) is 30.7. The van der Waals surface area contributed by atoms with Crippen molar-refractivity contribution in [2.24, 2.45) is 35.3 Å². The summed E-state index contributed by atoms with van der Waals surface area (Å²) in [6, 6.07) is 6.32. The Morgan fingerprint density at radius 2 is 1.58 bits per heavy atom. The number of nitrogens with two attached hydrogens (primary N) is 2. The Kier molecular flexibility index (Phi) is 33.3. The van der Waals surface area contributed by atoms with Crippen molar-refractivity contribution in [3.63, 3.8) is 0 Å². The lowest BCUT2D eigenvalue weighted by Crippen LogP contribution is -2.19. The third-order valence-electron chi connectivity index (χ3n) is 5.47. The minimum Gasteiger partial charge on any atom is -0.404 e. The van der Waals surface area contributed by atoms with E-state index in [2.05, 4.69) is 114 Å². The standard InChI is InChI=1S/C15H23N3.C8H14N2.C8H14.C3H8.C2H6.CH5N/c1-5-14-7-6-13(11-18-14)15(2,3)8-12(9-16)10-17-4;1-7(2)6-8-4-5-10(3)9-8;1-5-8(4)6-7(2)3;1-3-2;2*1-2/h6-7,9-11H,5,8,16H2,1-4H3;4-5,7H,6H2,1-3H3;5,7H,1,4,6H2,2-3H3;3H2,1-2H3;1-2H3;2H2,1H3/b12-9-,17-10?;;;;;. The lowest BCUT2D eigenvalue weighted by Gasteiger charge is -2.25. The molecule has 2 aromatic rings. The van der Waals surface area contributed by atoms with Crippen LogP contribution in [-0.4, -0.2) is 35.1 Å². The van der Waals surface area contributed by atoms with Crippen molar-refractivity contribution in [2.75, 3.05) is 14.1 Å². The Bertz CT molecular complexity index is 963. The summed E-state index contributed by atoms with van der Waals surface area (Å²) in [6.07, 6.45) is 14.4. The second-order valence-corrected chi connectivity index (χ2v) is 11.3. The molecule has 0 aromatic carbocycles. The van der Waals surface area contributed by atoms with E-state index in [1.165, 1.54) is 24.7 Å². The predicted molar refractivity (Wildman–Crippen MR) is 196 cm³/mol. The lowest BCUT2D eigenvalue weighted by atomic mass is 9.80. The minimum atomic E-state index is 0.00562. The molecule has 6 heteroatoms. The van der Waals surface area contributed by atoms with Crippen molar-refractivity contribution in [3.05, 3.63) is 84.1 Å². The molecular weight excluding hydrogens is 528 g/mol. The first-order chi connectivity index (χ1) is 20.3. The van der Waals surface area contributed by atoms with Gasteiger partial charge < -0.3 is 11.5 Å². The molecule has 2 rings (SSSR count). The predicted octanol–water partition coefficient (Wildman–Crippen LogP) is 9.27. The minimum absolute atomic E-state index is 0.00562. The first-order valence-corrected chi connectivity index (χ1v) is 15.9. The maximum atomic E-state index is 5.62. The van der Waals surface area contributed by atoms with Crippen molar-refractivity contribution >= 4 is 6.21 Å². The molecule has 0 saturated carbocycles. The highest BCUT2D eigenvalue weighted by molar-refractivity contribution is 5.78. The van der Waals surface area contributed by atoms with Gasteiger partial charge in [-0.1, -0.05) is 113 Å². The van der Waals surface area contributed by atoms with Crippen molar-refractivity contribution in [1.29, 1.82) is 0 Å². The second-order valence-electron chi connectivity index (χ2n) is 11.3. The van der Waals surface area contributed by atoms with Crippen LogP contribution in [0.15, 0.2) is 72.2 Å². The van der Waals surface area contributed by atoms with Crippen LogP contribution in [0.25, 0.3) is 0 Å². The van der Waals surface area contributed by atoms with Crippen molar-refractivity contribution in [3.8, 4) is 0 Å². The summed E-state index contributed by atoms with van der Waals surface area (Å²) < 4.78 is 1.84. The Balaban J connectivity index is -0.000000258. The molecule has 0 saturated heterocycles. The van der Waals surface area contributed by atoms with Gasteiger partial charge in [0.15, 0.2) is 0 Å². The van der Waals surface area contributed by atoms with Gasteiger partial charge in [-0.15, -0.1) is 0 Å². The first kappa shape index (κ1) is 47.0. The number of aryl methyl sites for hydroxylation is 2. The zero-order valence-electron chi connectivity index (χ0n) is 30.7. The molecule has 2 aromatic heterocycles. The van der Waals surface area contributed by atoms with E-state index in [1.54, 1.807) is 13.2 Å². The van der Waals surface area contributed by atoms with Crippen molar-refractivity contribution < 1.29 is 0 Å². The zero-order chi connectivity index (χ0) is 34.4. The average molecular weight is 599 g/mol. The molecular formula is C37H70N6. The normalized spacial score (nSPS) is 10.5. The number of allylic oxidation sites excluding steroid dienone is 3. The fraction of sp³-hybridized carbons (Fsp3) is 0.595. The fourth-order valence-corrected chi connectivity index (χ4v) is 3.56. The van der Waals surface area contributed by atoms with Crippen LogP contribution in [0.2, 0.25) is 0 Å². The van der Waals surface area contributed by atoms with Crippen LogP contribution in [0, 0.1) is 11.8 Å². The van der Waals surface area contributed by atoms with Gasteiger partial charge in [0, 0.05) is 38.4 Å². The molecule has 0 aliphatic rings. The van der Waals surface area contributed by atoms with Crippen LogP contribution in [-0.2, 0) is 25.3 Å². The van der Waals surface area contributed by atoms with Gasteiger partial charge in [-0.25, -0.2) is 0 Å². The Morgan fingerprint density at radius 3 is 1.88 bits per heavy atom. The van der Waals surface area contributed by atoms with Crippen LogP contribution < -0.4 is 11.5 Å². The maximum Gasteiger partial charge on any atom is 0.0627 e. The molecule has 0 aliphatic carbocycles. The van der Waals surface area contributed by atoms with Gasteiger partial charge in [0.05, 0.1) is 5.69 Å². The highest BCUT2D eigenvalue weighted by Crippen LogP contribution is 2.29. The molecule has 4 N–H and O–H groups in total. The van der Waals surface area contributed by atoms with Gasteiger partial charge in [0.2, 0.25) is 0 Å². The third kappa shape index (κ3) is 27.6. The molecule has 0 aliphatic heterocycles. The molecule has 0 atom stereocenters. The summed E-state index contributed by atoms with van der Waals surface area (Å²) in [7, 11) is 5.21. The number of nitrogens with zero attached hydrogens (tertiary/aromatic N) is 4. The molecule has 0 amide bonds. The lowest BCUT2D eigenvalue weighted by molar-refractivity contribution is 0.525. The van der Waals surface area contributed by atoms with Crippen LogP contribution in [0.3, 0.4) is 0 Å². The molecule has 0 radical (unpaired) electrons. The molecule has 43 heavy (non-hydrogen) atoms. The third-order valence-corrected chi connectivity index (χ3v) is 5.47. The van der Waals surface area contributed by atoms with Gasteiger partial charge in [-0.2, -0.15) is 5.10 Å². The highest BCUT2D eigenvalue weighted by atomic mass is 15.2. The molecule has 0 spiro atoms. The summed E-state index contributed by atoms with van der Waals surface area (Å²) in [6.45, 7) is 30.9. The monoisotopic (exact) mass is 599 g/mol. The van der Waals surface area contributed by atoms with Gasteiger partial charge in [-0.3, -0.25) is 14.7 Å². The van der Waals surface area contributed by atoms with Crippen LogP contribution in [0.5, 0.6) is 0 Å². The average Bonchev–Trinajstić information content (AvgIpc) is 3.39. The molecule has 0 fully saturated rings. The topological polar surface area (TPSA) is 95.1 Å². The number of aromatic nitrogens is 3. The van der Waals surface area contributed by atoms with Gasteiger partial charge in [0.1, 0.15) is 0 Å². The summed E-state index contributed by atoms with van der Waals surface area (Å²) >= 11 is 0. The summed E-state index contributed by atoms with van der Waals surface area (Å²) in [5.41, 5.74) is 15.9. The van der Waals surface area contributed by atoms with Crippen LogP contribution in [0.1, 0.15) is 112 Å². The molecule has 0 unspecified atom stereocenters. The van der Waals surface area contributed by atoms with Crippen molar-refractivity contribution in [2.45, 2.75) is 114 Å². The van der Waals surface area contributed by atoms with Crippen LogP contribution >= 0.6 is 0 Å². The van der Waals surface area contributed by atoms with E-state index >= 15 is 0 Å². The first-order valence-electron chi connectivity index (χ1n) is 15.9. The molecule has 2 heterocycles. The largest absolute Gasteiger partial charge is 0.404 e. The van der Waals surface area contributed by atoms with Gasteiger partial charge in [0.25, 0.3) is 0 Å². The summed E-state index contributed by atoms with van der Waals surface area (Å²) in [4.78, 5) is 8.48. The van der Waals surface area contributed by atoms with Crippen molar-refractivity contribution in [1.82, 2.24) is 14.8 Å². The highest BCUT2D eigenvalue weighted by Gasteiger charge is 2.22. The van der Waals surface area contributed by atoms with E-state index < -0.39 is 0 Å². The molecule has 248 valence electrons. The van der Waals surface area contributed by atoms with E-state index in [4.69, 9.17) is 5.73 Å². The van der Waals surface area contributed by atoms with Crippen LogP contribution in [0.4, 0.5) is 0 Å². The van der Waals surface area contributed by atoms with E-state index in [1.807, 2.05) is 50.3 Å². The second kappa shape index (κ2) is 30.5. The Labute approximate surface area is 267 Å². The smallest absolute Gasteiger partial charge is 0.0627 e. The van der Waals surface area contributed by atoms with Gasteiger partial charge >= 0.3 is 0 Å². The summed E-state index contributed by atoms with van der Waals surface area (Å²) in [5.74, 6) is 1.41. The maximum absolute atomic E-state index is 5.62. The quantitative estimate of drug-likeness (QED) is 0.210. The van der Waals surface area contributed by atoms with E-state index in [0.717, 1.165) is 42.5 Å². The number of rotatable bonds is 10. The number of hydrogen-bond donors (Lipinski definition) is 2. The molecule has 0 bridgehead atoms. The SMILES string of the molecule is C=CC(=C)CC(C)C.CC.CC(C)Cc1ccn(C)n1.CCC.CCc1ccc(C(C)(C)C/C(C=NC)=C/N)cn1.CN. The van der Waals surface area contributed by atoms with Gasteiger partial charge in [-0.05, 0) is 79.5 Å². The fourth-order valence-electron chi connectivity index (χ4n) is 3.56. The Hall–Kier alpha value is -2.99. The Morgan fingerprint density at radius 1 is 1.02 bits per heavy atom. The number of aliphatic imine (C=N–C) groups is 1. The number of pyridine rings is 1. The van der Waals surface area contributed by atoms with E-state index in [0.29, 0.717) is 11.8 Å². The van der Waals surface area contributed by atoms with E-state index in [9.17, 15) is 0 Å². The molecule has 6 nitrogen and oxygen atoms in total. The summed E-state index contributed by atoms with van der Waals surface area (Å²) in [5, 5.41) is 4.27. The van der Waals surface area contributed by atoms with E-state index in [-0.39, 0.29) is 5.41 Å². The number of hydrogen-bond acceptors (Lipinski definition) is 5.